The first-order chi connectivity index (χ1) is 9.78. The summed E-state index contributed by atoms with van der Waals surface area (Å²) in [6, 6.07) is 0. The lowest BCUT2D eigenvalue weighted by Crippen LogP contribution is -2.32. The summed E-state index contributed by atoms with van der Waals surface area (Å²) >= 11 is 2.02. The van der Waals surface area contributed by atoms with Crippen LogP contribution in [0.2, 0.25) is 0 Å². The Labute approximate surface area is 123 Å². The van der Waals surface area contributed by atoms with Crippen molar-refractivity contribution in [2.75, 3.05) is 36.5 Å². The van der Waals surface area contributed by atoms with Gasteiger partial charge in [-0.05, 0) is 6.92 Å². The van der Waals surface area contributed by atoms with E-state index in [1.807, 2.05) is 29.7 Å². The largest absolute Gasteiger partial charge is 0.370 e. The molecule has 3 heterocycles. The molecule has 0 aliphatic carbocycles. The average Bonchev–Trinajstić information content (AvgIpc) is 2.82. The quantitative estimate of drug-likeness (QED) is 0.918. The van der Waals surface area contributed by atoms with Crippen molar-refractivity contribution >= 4 is 28.6 Å². The first kappa shape index (κ1) is 13.6. The fourth-order valence-corrected chi connectivity index (χ4v) is 3.38. The number of nitrogens with one attached hydrogen (secondary N) is 1. The van der Waals surface area contributed by atoms with Gasteiger partial charge in [0.1, 0.15) is 11.6 Å². The highest BCUT2D eigenvalue weighted by Gasteiger charge is 2.15. The second-order valence-electron chi connectivity index (χ2n) is 4.91. The van der Waals surface area contributed by atoms with Gasteiger partial charge < -0.3 is 5.32 Å². The summed E-state index contributed by atoms with van der Waals surface area (Å²) in [5, 5.41) is 8.59. The Morgan fingerprint density at radius 2 is 2.10 bits per heavy atom. The molecule has 1 aliphatic rings. The van der Waals surface area contributed by atoms with Gasteiger partial charge in [0.25, 0.3) is 0 Å². The molecule has 0 saturated carbocycles. The van der Waals surface area contributed by atoms with Gasteiger partial charge in [0, 0.05) is 38.2 Å². The Kier molecular flexibility index (Phi) is 4.07. The summed E-state index contributed by atoms with van der Waals surface area (Å²) in [6.45, 7) is 5.98. The molecule has 1 N–H and O–H groups in total. The monoisotopic (exact) mass is 292 g/mol. The van der Waals surface area contributed by atoms with Gasteiger partial charge in [-0.1, -0.05) is 0 Å². The van der Waals surface area contributed by atoms with Crippen molar-refractivity contribution in [1.82, 2.24) is 24.6 Å². The Morgan fingerprint density at radius 3 is 2.85 bits per heavy atom. The molecule has 0 unspecified atom stereocenters. The van der Waals surface area contributed by atoms with Crippen molar-refractivity contribution in [1.29, 1.82) is 0 Å². The van der Waals surface area contributed by atoms with Crippen LogP contribution in [0.15, 0.2) is 6.20 Å². The van der Waals surface area contributed by atoms with E-state index in [9.17, 15) is 0 Å². The maximum absolute atomic E-state index is 4.67. The summed E-state index contributed by atoms with van der Waals surface area (Å²) in [6.07, 6.45) is 1.83. The lowest BCUT2D eigenvalue weighted by atomic mass is 10.3. The van der Waals surface area contributed by atoms with Gasteiger partial charge in [-0.15, -0.1) is 0 Å². The number of aromatic nitrogens is 4. The van der Waals surface area contributed by atoms with Gasteiger partial charge >= 0.3 is 0 Å². The van der Waals surface area contributed by atoms with Crippen molar-refractivity contribution in [3.63, 3.8) is 0 Å². The molecule has 108 valence electrons. The van der Waals surface area contributed by atoms with E-state index in [0.717, 1.165) is 48.9 Å². The zero-order valence-electron chi connectivity index (χ0n) is 12.0. The van der Waals surface area contributed by atoms with E-state index in [2.05, 4.69) is 32.2 Å². The standard InChI is InChI=1S/C13H20N6S/c1-3-14-12-10-8-15-18(2)13(10)17-11(16-12)9-19-4-6-20-7-5-19/h8H,3-7,9H2,1-2H3,(H,14,16,17). The molecule has 0 spiro atoms. The number of hydrogen-bond donors (Lipinski definition) is 1. The molecule has 2 aromatic heterocycles. The molecule has 0 atom stereocenters. The van der Waals surface area contributed by atoms with Gasteiger partial charge in [0.2, 0.25) is 0 Å². The molecule has 0 aromatic carbocycles. The minimum Gasteiger partial charge on any atom is -0.370 e. The highest BCUT2D eigenvalue weighted by atomic mass is 32.2. The zero-order valence-corrected chi connectivity index (χ0v) is 12.8. The van der Waals surface area contributed by atoms with Crippen LogP contribution in [0, 0.1) is 0 Å². The van der Waals surface area contributed by atoms with Crippen LogP contribution in [0.4, 0.5) is 5.82 Å². The van der Waals surface area contributed by atoms with Gasteiger partial charge in [-0.3, -0.25) is 9.58 Å². The molecule has 6 nitrogen and oxygen atoms in total. The maximum atomic E-state index is 4.67. The molecular formula is C13H20N6S. The van der Waals surface area contributed by atoms with Crippen LogP contribution < -0.4 is 5.32 Å². The first-order valence-electron chi connectivity index (χ1n) is 7.00. The summed E-state index contributed by atoms with van der Waals surface area (Å²) in [5.74, 6) is 4.18. The van der Waals surface area contributed by atoms with E-state index < -0.39 is 0 Å². The van der Waals surface area contributed by atoms with Gasteiger partial charge in [-0.25, -0.2) is 9.97 Å². The van der Waals surface area contributed by atoms with Crippen molar-refractivity contribution in [2.45, 2.75) is 13.5 Å². The number of anilines is 1. The van der Waals surface area contributed by atoms with E-state index in [1.165, 1.54) is 11.5 Å². The van der Waals surface area contributed by atoms with Crippen molar-refractivity contribution in [2.24, 2.45) is 7.05 Å². The molecular weight excluding hydrogens is 272 g/mol. The van der Waals surface area contributed by atoms with Gasteiger partial charge in [-0.2, -0.15) is 16.9 Å². The molecule has 20 heavy (non-hydrogen) atoms. The lowest BCUT2D eigenvalue weighted by molar-refractivity contribution is 0.287. The number of aryl methyl sites for hydroxylation is 1. The van der Waals surface area contributed by atoms with E-state index >= 15 is 0 Å². The zero-order chi connectivity index (χ0) is 13.9. The van der Waals surface area contributed by atoms with Crippen molar-refractivity contribution in [3.05, 3.63) is 12.0 Å². The number of nitrogens with zero attached hydrogens (tertiary/aromatic N) is 5. The van der Waals surface area contributed by atoms with Crippen molar-refractivity contribution in [3.8, 4) is 0 Å². The molecule has 0 bridgehead atoms. The maximum Gasteiger partial charge on any atom is 0.163 e. The van der Waals surface area contributed by atoms with Crippen molar-refractivity contribution < 1.29 is 0 Å². The van der Waals surface area contributed by atoms with E-state index in [-0.39, 0.29) is 0 Å². The second kappa shape index (κ2) is 5.97. The Hall–Kier alpha value is -1.34. The third kappa shape index (κ3) is 2.73. The number of rotatable bonds is 4. The van der Waals surface area contributed by atoms with Crippen LogP contribution in [0.25, 0.3) is 11.0 Å². The Bertz CT molecular complexity index is 590. The van der Waals surface area contributed by atoms with E-state index in [0.29, 0.717) is 0 Å². The predicted octanol–water partition coefficient (Wildman–Crippen LogP) is 1.34. The molecule has 1 fully saturated rings. The Balaban J connectivity index is 1.91. The first-order valence-corrected chi connectivity index (χ1v) is 8.16. The van der Waals surface area contributed by atoms with Crippen LogP contribution in [0.3, 0.4) is 0 Å². The minimum absolute atomic E-state index is 0.820. The summed E-state index contributed by atoms with van der Waals surface area (Å²) in [5.41, 5.74) is 0.900. The van der Waals surface area contributed by atoms with E-state index in [1.54, 1.807) is 0 Å². The van der Waals surface area contributed by atoms with Gasteiger partial charge in [0.05, 0.1) is 18.1 Å². The number of thioether (sulfide) groups is 1. The van der Waals surface area contributed by atoms with Crippen LogP contribution in [0.1, 0.15) is 12.7 Å². The van der Waals surface area contributed by atoms with Crippen LogP contribution >= 0.6 is 11.8 Å². The molecule has 7 heteroatoms. The molecule has 0 amide bonds. The van der Waals surface area contributed by atoms with E-state index in [4.69, 9.17) is 0 Å². The summed E-state index contributed by atoms with van der Waals surface area (Å²) < 4.78 is 1.81. The molecule has 2 aromatic rings. The molecule has 1 saturated heterocycles. The fourth-order valence-electron chi connectivity index (χ4n) is 2.40. The average molecular weight is 292 g/mol. The molecule has 3 rings (SSSR count). The number of hydrogen-bond acceptors (Lipinski definition) is 6. The molecule has 0 radical (unpaired) electrons. The van der Waals surface area contributed by atoms with Crippen LogP contribution in [-0.4, -0.2) is 55.8 Å². The lowest BCUT2D eigenvalue weighted by Gasteiger charge is -2.25. The normalized spacial score (nSPS) is 16.7. The third-order valence-corrected chi connectivity index (χ3v) is 4.39. The Morgan fingerprint density at radius 1 is 1.30 bits per heavy atom. The highest BCUT2D eigenvalue weighted by molar-refractivity contribution is 7.99. The topological polar surface area (TPSA) is 58.9 Å². The van der Waals surface area contributed by atoms with Crippen LogP contribution in [-0.2, 0) is 13.6 Å². The molecule has 1 aliphatic heterocycles. The van der Waals surface area contributed by atoms with Gasteiger partial charge in [0.15, 0.2) is 5.65 Å². The minimum atomic E-state index is 0.820. The third-order valence-electron chi connectivity index (χ3n) is 3.45. The second-order valence-corrected chi connectivity index (χ2v) is 6.14. The number of fused-ring (bicyclic) bond motifs is 1. The fraction of sp³-hybridized carbons (Fsp3) is 0.615. The summed E-state index contributed by atoms with van der Waals surface area (Å²) in [7, 11) is 1.92. The summed E-state index contributed by atoms with van der Waals surface area (Å²) in [4.78, 5) is 11.8. The predicted molar refractivity (Wildman–Crippen MR) is 83.1 cm³/mol. The smallest absolute Gasteiger partial charge is 0.163 e. The SMILES string of the molecule is CCNc1nc(CN2CCSCC2)nc2c1cnn2C. The highest BCUT2D eigenvalue weighted by Crippen LogP contribution is 2.20. The van der Waals surface area contributed by atoms with Crippen LogP contribution in [0.5, 0.6) is 0 Å².